The highest BCUT2D eigenvalue weighted by Gasteiger charge is 2.30. The van der Waals surface area contributed by atoms with Crippen molar-refractivity contribution in [3.05, 3.63) is 0 Å². The van der Waals surface area contributed by atoms with Gasteiger partial charge in [0.05, 0.1) is 5.92 Å². The lowest BCUT2D eigenvalue weighted by Crippen LogP contribution is -2.42. The molecule has 0 radical (unpaired) electrons. The summed E-state index contributed by atoms with van der Waals surface area (Å²) in [7, 11) is 1.72. The van der Waals surface area contributed by atoms with Gasteiger partial charge in [-0.1, -0.05) is 0 Å². The summed E-state index contributed by atoms with van der Waals surface area (Å²) in [6.45, 7) is 2.55. The Morgan fingerprint density at radius 3 is 2.60 bits per heavy atom. The van der Waals surface area contributed by atoms with Crippen LogP contribution in [0, 0.1) is 5.92 Å². The van der Waals surface area contributed by atoms with Crippen molar-refractivity contribution >= 4 is 12.0 Å². The number of carboxylic acids is 1. The van der Waals surface area contributed by atoms with Gasteiger partial charge in [0.15, 0.2) is 0 Å². The topological polar surface area (TPSA) is 69.6 Å². The molecule has 5 nitrogen and oxygen atoms in total. The Labute approximate surface area is 89.4 Å². The average Bonchev–Trinajstić information content (AvgIpc) is 2.65. The fourth-order valence-corrected chi connectivity index (χ4v) is 1.77. The van der Waals surface area contributed by atoms with Gasteiger partial charge in [-0.25, -0.2) is 4.79 Å². The maximum Gasteiger partial charge on any atom is 0.317 e. The van der Waals surface area contributed by atoms with E-state index in [9.17, 15) is 9.59 Å². The van der Waals surface area contributed by atoms with Crippen LogP contribution in [0.2, 0.25) is 0 Å². The number of hydrogen-bond acceptors (Lipinski definition) is 2. The van der Waals surface area contributed by atoms with E-state index in [0.717, 1.165) is 6.42 Å². The third-order valence-corrected chi connectivity index (χ3v) is 2.93. The van der Waals surface area contributed by atoms with Crippen molar-refractivity contribution in [3.8, 4) is 0 Å². The minimum atomic E-state index is -0.754. The number of rotatable bonds is 3. The first-order valence-corrected chi connectivity index (χ1v) is 5.29. The Kier molecular flexibility index (Phi) is 3.94. The normalized spacial score (nSPS) is 24.9. The van der Waals surface area contributed by atoms with Crippen LogP contribution in [-0.2, 0) is 4.79 Å². The Balaban J connectivity index is 2.36. The molecule has 1 aliphatic carbocycles. The second-order valence-electron chi connectivity index (χ2n) is 4.01. The van der Waals surface area contributed by atoms with Gasteiger partial charge in [-0.2, -0.15) is 0 Å². The summed E-state index contributed by atoms with van der Waals surface area (Å²) in [5.74, 6) is -1.04. The predicted molar refractivity (Wildman–Crippen MR) is 55.6 cm³/mol. The third-order valence-electron chi connectivity index (χ3n) is 2.93. The smallest absolute Gasteiger partial charge is 0.317 e. The molecule has 1 rings (SSSR count). The molecule has 86 valence electrons. The second kappa shape index (κ2) is 5.00. The van der Waals surface area contributed by atoms with Crippen molar-refractivity contribution in [2.24, 2.45) is 5.92 Å². The molecule has 15 heavy (non-hydrogen) atoms. The number of carboxylic acid groups (broad SMARTS) is 1. The van der Waals surface area contributed by atoms with E-state index in [1.165, 1.54) is 0 Å². The zero-order chi connectivity index (χ0) is 11.4. The lowest BCUT2D eigenvalue weighted by atomic mass is 10.1. The predicted octanol–water partition coefficient (Wildman–Crippen LogP) is 0.901. The van der Waals surface area contributed by atoms with Crippen molar-refractivity contribution in [2.45, 2.75) is 32.2 Å². The SMILES string of the molecule is CCN(C)C(=O)NC1CCC(C(=O)O)C1. The van der Waals surface area contributed by atoms with Gasteiger partial charge in [-0.3, -0.25) is 4.79 Å². The van der Waals surface area contributed by atoms with Crippen molar-refractivity contribution in [1.82, 2.24) is 10.2 Å². The largest absolute Gasteiger partial charge is 0.481 e. The van der Waals surface area contributed by atoms with E-state index >= 15 is 0 Å². The Hall–Kier alpha value is -1.26. The number of carbonyl (C=O) groups is 2. The summed E-state index contributed by atoms with van der Waals surface area (Å²) in [4.78, 5) is 23.8. The first-order valence-electron chi connectivity index (χ1n) is 5.29. The van der Waals surface area contributed by atoms with Crippen LogP contribution in [0.1, 0.15) is 26.2 Å². The summed E-state index contributed by atoms with van der Waals surface area (Å²) in [5.41, 5.74) is 0. The highest BCUT2D eigenvalue weighted by Crippen LogP contribution is 2.25. The molecule has 0 aromatic heterocycles. The number of nitrogens with zero attached hydrogens (tertiary/aromatic N) is 1. The van der Waals surface area contributed by atoms with Crippen molar-refractivity contribution in [1.29, 1.82) is 0 Å². The molecule has 0 spiro atoms. The minimum absolute atomic E-state index is 0.0209. The number of urea groups is 1. The van der Waals surface area contributed by atoms with Gasteiger partial charge in [-0.15, -0.1) is 0 Å². The quantitative estimate of drug-likeness (QED) is 0.733. The fraction of sp³-hybridized carbons (Fsp3) is 0.800. The third kappa shape index (κ3) is 3.11. The van der Waals surface area contributed by atoms with Crippen molar-refractivity contribution in [3.63, 3.8) is 0 Å². The van der Waals surface area contributed by atoms with Crippen LogP contribution >= 0.6 is 0 Å². The maximum atomic E-state index is 11.5. The molecule has 2 atom stereocenters. The molecule has 0 saturated heterocycles. The second-order valence-corrected chi connectivity index (χ2v) is 4.01. The van der Waals surface area contributed by atoms with Gasteiger partial charge >= 0.3 is 12.0 Å². The van der Waals surface area contributed by atoms with Crippen LogP contribution in [0.15, 0.2) is 0 Å². The molecule has 5 heteroatoms. The highest BCUT2D eigenvalue weighted by atomic mass is 16.4. The van der Waals surface area contributed by atoms with E-state index in [1.807, 2.05) is 6.92 Å². The first-order chi connectivity index (χ1) is 7.04. The Bertz CT molecular complexity index is 255. The summed E-state index contributed by atoms with van der Waals surface area (Å²) in [6, 6.07) is -0.0962. The lowest BCUT2D eigenvalue weighted by Gasteiger charge is -2.19. The molecular weight excluding hydrogens is 196 g/mol. The fourth-order valence-electron chi connectivity index (χ4n) is 1.77. The Morgan fingerprint density at radius 2 is 2.13 bits per heavy atom. The molecule has 0 aromatic carbocycles. The van der Waals surface area contributed by atoms with Crippen LogP contribution in [0.4, 0.5) is 4.79 Å². The van der Waals surface area contributed by atoms with E-state index in [-0.39, 0.29) is 18.0 Å². The van der Waals surface area contributed by atoms with Crippen LogP contribution in [0.5, 0.6) is 0 Å². The summed E-state index contributed by atoms with van der Waals surface area (Å²) >= 11 is 0. The highest BCUT2D eigenvalue weighted by molar-refractivity contribution is 5.75. The van der Waals surface area contributed by atoms with E-state index in [2.05, 4.69) is 5.32 Å². The van der Waals surface area contributed by atoms with E-state index < -0.39 is 5.97 Å². The molecule has 0 aliphatic heterocycles. The van der Waals surface area contributed by atoms with Crippen LogP contribution in [-0.4, -0.2) is 41.6 Å². The number of carbonyl (C=O) groups excluding carboxylic acids is 1. The molecule has 0 heterocycles. The van der Waals surface area contributed by atoms with Crippen LogP contribution < -0.4 is 5.32 Å². The van der Waals surface area contributed by atoms with Gasteiger partial charge in [0.1, 0.15) is 0 Å². The zero-order valence-electron chi connectivity index (χ0n) is 9.19. The minimum Gasteiger partial charge on any atom is -0.481 e. The molecular formula is C10H18N2O3. The van der Waals surface area contributed by atoms with Gasteiger partial charge < -0.3 is 15.3 Å². The number of amides is 2. The summed E-state index contributed by atoms with van der Waals surface area (Å²) in [6.07, 6.45) is 1.98. The molecule has 0 aromatic rings. The van der Waals surface area contributed by atoms with Gasteiger partial charge in [0, 0.05) is 19.6 Å². The van der Waals surface area contributed by atoms with Crippen molar-refractivity contribution in [2.75, 3.05) is 13.6 Å². The summed E-state index contributed by atoms with van der Waals surface area (Å²) in [5, 5.41) is 11.6. The Morgan fingerprint density at radius 1 is 1.47 bits per heavy atom. The van der Waals surface area contributed by atoms with Gasteiger partial charge in [0.25, 0.3) is 0 Å². The molecule has 2 unspecified atom stereocenters. The molecule has 0 bridgehead atoms. The molecule has 1 fully saturated rings. The maximum absolute atomic E-state index is 11.5. The van der Waals surface area contributed by atoms with Crippen LogP contribution in [0.3, 0.4) is 0 Å². The van der Waals surface area contributed by atoms with Crippen molar-refractivity contribution < 1.29 is 14.7 Å². The number of aliphatic carboxylic acids is 1. The monoisotopic (exact) mass is 214 g/mol. The molecule has 2 N–H and O–H groups in total. The number of hydrogen-bond donors (Lipinski definition) is 2. The van der Waals surface area contributed by atoms with Crippen LogP contribution in [0.25, 0.3) is 0 Å². The summed E-state index contributed by atoms with van der Waals surface area (Å²) < 4.78 is 0. The molecule has 2 amide bonds. The van der Waals surface area contributed by atoms with Gasteiger partial charge in [-0.05, 0) is 26.2 Å². The molecule has 1 saturated carbocycles. The van der Waals surface area contributed by atoms with E-state index in [4.69, 9.17) is 5.11 Å². The number of nitrogens with one attached hydrogen (secondary N) is 1. The lowest BCUT2D eigenvalue weighted by molar-refractivity contribution is -0.141. The van der Waals surface area contributed by atoms with E-state index in [0.29, 0.717) is 19.4 Å². The molecule has 1 aliphatic rings. The van der Waals surface area contributed by atoms with E-state index in [1.54, 1.807) is 11.9 Å². The first kappa shape index (κ1) is 11.8. The van der Waals surface area contributed by atoms with Gasteiger partial charge in [0.2, 0.25) is 0 Å². The standard InChI is InChI=1S/C10H18N2O3/c1-3-12(2)10(15)11-8-5-4-7(6-8)9(13)14/h7-8H,3-6H2,1-2H3,(H,11,15)(H,13,14). The zero-order valence-corrected chi connectivity index (χ0v) is 9.19. The average molecular weight is 214 g/mol.